The number of fused-ring (bicyclic) bond motifs is 1. The molecule has 1 aromatic carbocycles. The highest BCUT2D eigenvalue weighted by molar-refractivity contribution is 5.89. The van der Waals surface area contributed by atoms with Gasteiger partial charge >= 0.3 is 0 Å². The molecule has 0 bridgehead atoms. The summed E-state index contributed by atoms with van der Waals surface area (Å²) < 4.78 is 5.30. The van der Waals surface area contributed by atoms with Crippen LogP contribution in [0.4, 0.5) is 0 Å². The molecule has 138 valence electrons. The van der Waals surface area contributed by atoms with Crippen LogP contribution in [0.1, 0.15) is 44.7 Å². The lowest BCUT2D eigenvalue weighted by molar-refractivity contribution is -0.144. The minimum absolute atomic E-state index is 0.0615. The summed E-state index contributed by atoms with van der Waals surface area (Å²) in [4.78, 5) is 27.3. The largest absolute Gasteiger partial charge is 0.382 e. The van der Waals surface area contributed by atoms with Crippen molar-refractivity contribution in [2.24, 2.45) is 5.92 Å². The van der Waals surface area contributed by atoms with E-state index in [1.165, 1.54) is 0 Å². The molecule has 0 aliphatic carbocycles. The summed E-state index contributed by atoms with van der Waals surface area (Å²) in [5.41, 5.74) is 2.30. The zero-order valence-corrected chi connectivity index (χ0v) is 15.6. The minimum atomic E-state index is -0.427. The van der Waals surface area contributed by atoms with Crippen molar-refractivity contribution in [1.29, 1.82) is 0 Å². The van der Waals surface area contributed by atoms with Gasteiger partial charge in [-0.05, 0) is 30.9 Å². The number of hydrogen-bond donors (Lipinski definition) is 1. The van der Waals surface area contributed by atoms with Gasteiger partial charge < -0.3 is 15.0 Å². The number of nitrogens with zero attached hydrogens (tertiary/aromatic N) is 1. The topological polar surface area (TPSA) is 58.6 Å². The molecule has 5 nitrogen and oxygen atoms in total. The number of benzene rings is 1. The normalized spacial score (nSPS) is 17.7. The third-order valence-corrected chi connectivity index (χ3v) is 4.84. The van der Waals surface area contributed by atoms with Crippen molar-refractivity contribution >= 4 is 11.8 Å². The van der Waals surface area contributed by atoms with E-state index in [1.807, 2.05) is 39.0 Å². The van der Waals surface area contributed by atoms with Gasteiger partial charge in [-0.25, -0.2) is 0 Å². The third-order valence-electron chi connectivity index (χ3n) is 4.84. The Hall–Kier alpha value is -1.88. The van der Waals surface area contributed by atoms with Crippen LogP contribution in [0, 0.1) is 5.92 Å². The van der Waals surface area contributed by atoms with Crippen LogP contribution in [0.2, 0.25) is 0 Å². The van der Waals surface area contributed by atoms with E-state index in [-0.39, 0.29) is 17.7 Å². The van der Waals surface area contributed by atoms with Crippen LogP contribution < -0.4 is 5.32 Å². The lowest BCUT2D eigenvalue weighted by atomic mass is 9.92. The van der Waals surface area contributed by atoms with Crippen molar-refractivity contribution in [3.05, 3.63) is 35.4 Å². The van der Waals surface area contributed by atoms with Crippen LogP contribution in [0.15, 0.2) is 24.3 Å². The zero-order chi connectivity index (χ0) is 18.2. The summed E-state index contributed by atoms with van der Waals surface area (Å²) in [6.45, 7) is 8.29. The van der Waals surface area contributed by atoms with Crippen LogP contribution in [-0.4, -0.2) is 42.5 Å². The summed E-state index contributed by atoms with van der Waals surface area (Å²) in [5.74, 6) is -0.0763. The van der Waals surface area contributed by atoms with Gasteiger partial charge in [0.15, 0.2) is 0 Å². The molecule has 25 heavy (non-hydrogen) atoms. The first kappa shape index (κ1) is 19.4. The Bertz CT molecular complexity index is 588. The van der Waals surface area contributed by atoms with E-state index in [4.69, 9.17) is 4.74 Å². The lowest BCUT2D eigenvalue weighted by Crippen LogP contribution is -2.53. The number of carbonyl (C=O) groups excluding carboxylic acids is 2. The molecule has 1 N–H and O–H groups in total. The van der Waals surface area contributed by atoms with Gasteiger partial charge in [-0.1, -0.05) is 38.1 Å². The van der Waals surface area contributed by atoms with Gasteiger partial charge in [0.05, 0.1) is 0 Å². The van der Waals surface area contributed by atoms with Crippen molar-refractivity contribution in [3.8, 4) is 0 Å². The zero-order valence-electron chi connectivity index (χ0n) is 15.6. The highest BCUT2D eigenvalue weighted by Gasteiger charge is 2.35. The van der Waals surface area contributed by atoms with Crippen LogP contribution in [-0.2, 0) is 27.3 Å². The molecular weight excluding hydrogens is 316 g/mol. The van der Waals surface area contributed by atoms with E-state index in [9.17, 15) is 9.59 Å². The van der Waals surface area contributed by atoms with Crippen LogP contribution in [0.5, 0.6) is 0 Å². The van der Waals surface area contributed by atoms with Gasteiger partial charge in [-0.15, -0.1) is 0 Å². The Morgan fingerprint density at radius 1 is 1.28 bits per heavy atom. The molecule has 0 radical (unpaired) electrons. The molecule has 0 fully saturated rings. The number of hydrogen-bond acceptors (Lipinski definition) is 3. The molecule has 0 spiro atoms. The Balaban J connectivity index is 2.08. The predicted octanol–water partition coefficient (Wildman–Crippen LogP) is 2.53. The minimum Gasteiger partial charge on any atom is -0.382 e. The van der Waals surface area contributed by atoms with E-state index < -0.39 is 6.04 Å². The number of amides is 2. The van der Waals surface area contributed by atoms with Crippen LogP contribution in [0.25, 0.3) is 0 Å². The molecule has 0 saturated heterocycles. The standard InChI is InChI=1S/C20H30N2O3/c1-4-15(3)20(24)22-14-17-10-7-6-9-16(17)13-18(22)19(23)21-11-8-12-25-5-2/h6-7,9-10,15,18H,4-5,8,11-14H2,1-3H3,(H,21,23)/t15-,18+/m1/s1. The summed E-state index contributed by atoms with van der Waals surface area (Å²) >= 11 is 0. The van der Waals surface area contributed by atoms with E-state index in [0.717, 1.165) is 24.0 Å². The first-order valence-corrected chi connectivity index (χ1v) is 9.31. The Morgan fingerprint density at radius 2 is 2.00 bits per heavy atom. The van der Waals surface area contributed by atoms with Crippen LogP contribution >= 0.6 is 0 Å². The molecule has 0 unspecified atom stereocenters. The molecule has 2 rings (SSSR count). The van der Waals surface area contributed by atoms with Crippen molar-refractivity contribution in [2.45, 2.75) is 52.6 Å². The third kappa shape index (κ3) is 5.05. The maximum absolute atomic E-state index is 12.8. The molecular formula is C20H30N2O3. The SMILES string of the molecule is CCOCCCNC(=O)[C@@H]1Cc2ccccc2CN1C(=O)[C@H](C)CC. The van der Waals surface area contributed by atoms with Gasteiger partial charge in [0.25, 0.3) is 0 Å². The second kappa shape index (κ2) is 9.56. The second-order valence-corrected chi connectivity index (χ2v) is 6.61. The smallest absolute Gasteiger partial charge is 0.243 e. The Morgan fingerprint density at radius 3 is 2.68 bits per heavy atom. The fourth-order valence-electron chi connectivity index (χ4n) is 3.09. The number of rotatable bonds is 8. The number of nitrogens with one attached hydrogen (secondary N) is 1. The van der Waals surface area contributed by atoms with E-state index >= 15 is 0 Å². The van der Waals surface area contributed by atoms with E-state index in [0.29, 0.717) is 32.7 Å². The summed E-state index contributed by atoms with van der Waals surface area (Å²) in [6, 6.07) is 7.64. The molecule has 1 aromatic rings. The molecule has 1 aliphatic rings. The second-order valence-electron chi connectivity index (χ2n) is 6.61. The molecule has 2 amide bonds. The maximum Gasteiger partial charge on any atom is 0.243 e. The average Bonchev–Trinajstić information content (AvgIpc) is 2.65. The molecule has 1 aliphatic heterocycles. The molecule has 0 saturated carbocycles. The highest BCUT2D eigenvalue weighted by Crippen LogP contribution is 2.25. The van der Waals surface area contributed by atoms with Gasteiger partial charge in [-0.2, -0.15) is 0 Å². The van der Waals surface area contributed by atoms with Crippen molar-refractivity contribution in [3.63, 3.8) is 0 Å². The summed E-state index contributed by atoms with van der Waals surface area (Å²) in [6.07, 6.45) is 2.14. The van der Waals surface area contributed by atoms with Gasteiger partial charge in [-0.3, -0.25) is 9.59 Å². The quantitative estimate of drug-likeness (QED) is 0.736. The number of ether oxygens (including phenoxy) is 1. The predicted molar refractivity (Wildman–Crippen MR) is 98.1 cm³/mol. The summed E-state index contributed by atoms with van der Waals surface area (Å²) in [5, 5.41) is 2.97. The van der Waals surface area contributed by atoms with E-state index in [2.05, 4.69) is 11.4 Å². The lowest BCUT2D eigenvalue weighted by Gasteiger charge is -2.37. The Kier molecular flexibility index (Phi) is 7.44. The maximum atomic E-state index is 12.8. The van der Waals surface area contributed by atoms with Crippen molar-refractivity contribution in [1.82, 2.24) is 10.2 Å². The summed E-state index contributed by atoms with van der Waals surface area (Å²) in [7, 11) is 0. The molecule has 1 heterocycles. The number of carbonyl (C=O) groups is 2. The fraction of sp³-hybridized carbons (Fsp3) is 0.600. The average molecular weight is 346 g/mol. The first-order valence-electron chi connectivity index (χ1n) is 9.31. The first-order chi connectivity index (χ1) is 12.1. The van der Waals surface area contributed by atoms with Crippen molar-refractivity contribution < 1.29 is 14.3 Å². The van der Waals surface area contributed by atoms with Gasteiger partial charge in [0.2, 0.25) is 11.8 Å². The molecule has 5 heteroatoms. The van der Waals surface area contributed by atoms with Crippen LogP contribution in [0.3, 0.4) is 0 Å². The highest BCUT2D eigenvalue weighted by atomic mass is 16.5. The van der Waals surface area contributed by atoms with Crippen molar-refractivity contribution in [2.75, 3.05) is 19.8 Å². The fourth-order valence-corrected chi connectivity index (χ4v) is 3.09. The van der Waals surface area contributed by atoms with Gasteiger partial charge in [0, 0.05) is 38.6 Å². The Labute approximate surface area is 150 Å². The van der Waals surface area contributed by atoms with Gasteiger partial charge in [0.1, 0.15) is 6.04 Å². The monoisotopic (exact) mass is 346 g/mol. The molecule has 2 atom stereocenters. The molecule has 0 aromatic heterocycles. The van der Waals surface area contributed by atoms with E-state index in [1.54, 1.807) is 4.90 Å².